The highest BCUT2D eigenvalue weighted by Crippen LogP contribution is 2.13. The Labute approximate surface area is 163 Å². The molecular weight excluding hydrogens is 361 g/mol. The van der Waals surface area contributed by atoms with Gasteiger partial charge in [0.2, 0.25) is 0 Å². The summed E-state index contributed by atoms with van der Waals surface area (Å²) in [6.45, 7) is 10.1. The van der Waals surface area contributed by atoms with Gasteiger partial charge in [-0.05, 0) is 25.2 Å². The maximum Gasteiger partial charge on any atom is 0.0705 e. The SMILES string of the molecule is CCN(CC)CCN(CCO)Cc1ccc2ccccc2n1.Cl.Cl.O. The molecule has 0 atom stereocenters. The Morgan fingerprint density at radius 3 is 2.16 bits per heavy atom. The lowest BCUT2D eigenvalue weighted by atomic mass is 10.2. The third kappa shape index (κ3) is 8.31. The molecule has 3 N–H and O–H groups in total. The fourth-order valence-electron chi connectivity index (χ4n) is 2.66. The Kier molecular flexibility index (Phi) is 15.0. The van der Waals surface area contributed by atoms with E-state index in [0.717, 1.165) is 43.9 Å². The van der Waals surface area contributed by atoms with E-state index < -0.39 is 0 Å². The van der Waals surface area contributed by atoms with Crippen LogP contribution in [0.2, 0.25) is 0 Å². The van der Waals surface area contributed by atoms with Crippen molar-refractivity contribution in [3.8, 4) is 0 Å². The van der Waals surface area contributed by atoms with E-state index in [2.05, 4.69) is 41.8 Å². The van der Waals surface area contributed by atoms with Crippen molar-refractivity contribution in [2.45, 2.75) is 20.4 Å². The van der Waals surface area contributed by atoms with Crippen LogP contribution in [0.25, 0.3) is 10.9 Å². The van der Waals surface area contributed by atoms with Gasteiger partial charge in [0, 0.05) is 31.6 Å². The van der Waals surface area contributed by atoms with Crippen LogP contribution in [0.3, 0.4) is 0 Å². The van der Waals surface area contributed by atoms with Crippen LogP contribution >= 0.6 is 24.8 Å². The number of aliphatic hydroxyl groups is 1. The smallest absolute Gasteiger partial charge is 0.0705 e. The molecule has 2 rings (SSSR count). The van der Waals surface area contributed by atoms with Gasteiger partial charge in [0.1, 0.15) is 0 Å². The lowest BCUT2D eigenvalue weighted by Crippen LogP contribution is -2.36. The number of benzene rings is 1. The number of nitrogens with zero attached hydrogens (tertiary/aromatic N) is 3. The summed E-state index contributed by atoms with van der Waals surface area (Å²) in [5.74, 6) is 0. The van der Waals surface area contributed by atoms with Crippen molar-refractivity contribution in [1.29, 1.82) is 0 Å². The molecule has 1 heterocycles. The molecule has 0 unspecified atom stereocenters. The largest absolute Gasteiger partial charge is 0.412 e. The van der Waals surface area contributed by atoms with E-state index >= 15 is 0 Å². The molecule has 2 aromatic rings. The van der Waals surface area contributed by atoms with E-state index in [9.17, 15) is 5.11 Å². The molecule has 0 bridgehead atoms. The first kappa shape index (κ1) is 26.3. The number of para-hydroxylation sites is 1. The van der Waals surface area contributed by atoms with Crippen molar-refractivity contribution < 1.29 is 10.6 Å². The fourth-order valence-corrected chi connectivity index (χ4v) is 2.66. The Morgan fingerprint density at radius 2 is 1.52 bits per heavy atom. The molecule has 7 heteroatoms. The molecule has 0 aliphatic heterocycles. The van der Waals surface area contributed by atoms with E-state index in [0.29, 0.717) is 6.54 Å². The summed E-state index contributed by atoms with van der Waals surface area (Å²) in [6.07, 6.45) is 0. The highest BCUT2D eigenvalue weighted by Gasteiger charge is 2.09. The van der Waals surface area contributed by atoms with Gasteiger partial charge in [-0.1, -0.05) is 38.1 Å². The van der Waals surface area contributed by atoms with Crippen LogP contribution in [0.5, 0.6) is 0 Å². The predicted octanol–water partition coefficient (Wildman–Crippen LogP) is 2.39. The normalized spacial score (nSPS) is 10.3. The summed E-state index contributed by atoms with van der Waals surface area (Å²) in [7, 11) is 0. The molecule has 0 aliphatic rings. The number of halogens is 2. The van der Waals surface area contributed by atoms with Crippen molar-refractivity contribution in [2.24, 2.45) is 0 Å². The maximum absolute atomic E-state index is 9.29. The van der Waals surface area contributed by atoms with Crippen molar-refractivity contribution in [1.82, 2.24) is 14.8 Å². The summed E-state index contributed by atoms with van der Waals surface area (Å²) < 4.78 is 0. The van der Waals surface area contributed by atoms with Crippen molar-refractivity contribution in [2.75, 3.05) is 39.3 Å². The zero-order valence-electron chi connectivity index (χ0n) is 15.0. The van der Waals surface area contributed by atoms with Gasteiger partial charge in [0.25, 0.3) is 0 Å². The van der Waals surface area contributed by atoms with E-state index in [4.69, 9.17) is 4.98 Å². The molecule has 144 valence electrons. The molecule has 0 aliphatic carbocycles. The lowest BCUT2D eigenvalue weighted by molar-refractivity contribution is 0.166. The van der Waals surface area contributed by atoms with Crippen LogP contribution < -0.4 is 0 Å². The van der Waals surface area contributed by atoms with Gasteiger partial charge in [-0.3, -0.25) is 9.88 Å². The van der Waals surface area contributed by atoms with Gasteiger partial charge in [-0.15, -0.1) is 24.8 Å². The monoisotopic (exact) mass is 391 g/mol. The topological polar surface area (TPSA) is 71.1 Å². The van der Waals surface area contributed by atoms with E-state index in [1.807, 2.05) is 18.2 Å². The van der Waals surface area contributed by atoms with Crippen LogP contribution in [0.1, 0.15) is 19.5 Å². The second-order valence-corrected chi connectivity index (χ2v) is 5.52. The Bertz CT molecular complexity index is 583. The average Bonchev–Trinajstić information content (AvgIpc) is 2.56. The Morgan fingerprint density at radius 1 is 0.880 bits per heavy atom. The number of rotatable bonds is 9. The third-order valence-electron chi connectivity index (χ3n) is 4.08. The number of pyridine rings is 1. The molecule has 0 spiro atoms. The quantitative estimate of drug-likeness (QED) is 0.711. The molecule has 0 saturated heterocycles. The van der Waals surface area contributed by atoms with Crippen molar-refractivity contribution in [3.63, 3.8) is 0 Å². The number of likely N-dealkylation sites (N-methyl/N-ethyl adjacent to an activating group) is 1. The van der Waals surface area contributed by atoms with Gasteiger partial charge >= 0.3 is 0 Å². The number of hydrogen-bond donors (Lipinski definition) is 1. The van der Waals surface area contributed by atoms with E-state index in [1.165, 1.54) is 5.39 Å². The molecular formula is C18H31Cl2N3O2. The number of aromatic nitrogens is 1. The van der Waals surface area contributed by atoms with Crippen LogP contribution in [0.4, 0.5) is 0 Å². The van der Waals surface area contributed by atoms with Gasteiger partial charge in [0.15, 0.2) is 0 Å². The fraction of sp³-hybridized carbons (Fsp3) is 0.500. The molecule has 1 aromatic carbocycles. The number of hydrogen-bond acceptors (Lipinski definition) is 4. The van der Waals surface area contributed by atoms with Gasteiger partial charge in [-0.25, -0.2) is 0 Å². The third-order valence-corrected chi connectivity index (χ3v) is 4.08. The zero-order chi connectivity index (χ0) is 15.8. The Balaban J connectivity index is 0. The first-order valence-electron chi connectivity index (χ1n) is 8.17. The second kappa shape index (κ2) is 14.2. The average molecular weight is 392 g/mol. The summed E-state index contributed by atoms with van der Waals surface area (Å²) in [6, 6.07) is 12.4. The molecule has 25 heavy (non-hydrogen) atoms. The number of fused-ring (bicyclic) bond motifs is 1. The van der Waals surface area contributed by atoms with Gasteiger partial charge < -0.3 is 15.5 Å². The Hall–Kier alpha value is -0.950. The first-order valence-corrected chi connectivity index (χ1v) is 8.17. The van der Waals surface area contributed by atoms with Crippen molar-refractivity contribution >= 4 is 35.7 Å². The summed E-state index contributed by atoms with van der Waals surface area (Å²) in [5, 5.41) is 10.5. The van der Waals surface area contributed by atoms with Crippen LogP contribution in [0, 0.1) is 0 Å². The summed E-state index contributed by atoms with van der Waals surface area (Å²) >= 11 is 0. The minimum Gasteiger partial charge on any atom is -0.412 e. The molecule has 0 saturated carbocycles. The van der Waals surface area contributed by atoms with Crippen LogP contribution in [0.15, 0.2) is 36.4 Å². The highest BCUT2D eigenvalue weighted by atomic mass is 35.5. The standard InChI is InChI=1S/C18H27N3O.2ClH.H2O/c1-3-20(4-2)11-12-21(13-14-22)15-17-10-9-16-7-5-6-8-18(16)19-17;;;/h5-10,22H,3-4,11-15H2,1-2H3;2*1H;1H2. The molecule has 5 nitrogen and oxygen atoms in total. The molecule has 0 fully saturated rings. The maximum atomic E-state index is 9.29. The minimum absolute atomic E-state index is 0. The predicted molar refractivity (Wildman–Crippen MR) is 110 cm³/mol. The van der Waals surface area contributed by atoms with Crippen LogP contribution in [-0.2, 0) is 6.54 Å². The van der Waals surface area contributed by atoms with Crippen molar-refractivity contribution in [3.05, 3.63) is 42.1 Å². The lowest BCUT2D eigenvalue weighted by Gasteiger charge is -2.25. The van der Waals surface area contributed by atoms with E-state index in [1.54, 1.807) is 0 Å². The summed E-state index contributed by atoms with van der Waals surface area (Å²) in [5.41, 5.74) is 2.10. The number of aliphatic hydroxyl groups excluding tert-OH is 1. The van der Waals surface area contributed by atoms with Crippen LogP contribution in [-0.4, -0.2) is 64.7 Å². The first-order chi connectivity index (χ1) is 10.8. The van der Waals surface area contributed by atoms with E-state index in [-0.39, 0.29) is 36.9 Å². The molecule has 0 amide bonds. The second-order valence-electron chi connectivity index (χ2n) is 5.52. The summed E-state index contributed by atoms with van der Waals surface area (Å²) in [4.78, 5) is 9.40. The molecule has 0 radical (unpaired) electrons. The highest BCUT2D eigenvalue weighted by molar-refractivity contribution is 5.85. The minimum atomic E-state index is 0. The van der Waals surface area contributed by atoms with Gasteiger partial charge in [0.05, 0.1) is 17.8 Å². The zero-order valence-corrected chi connectivity index (χ0v) is 16.7. The van der Waals surface area contributed by atoms with Gasteiger partial charge in [-0.2, -0.15) is 0 Å². The molecule has 1 aromatic heterocycles.